The van der Waals surface area contributed by atoms with Gasteiger partial charge in [0.25, 0.3) is 5.91 Å². The third-order valence-corrected chi connectivity index (χ3v) is 7.07. The summed E-state index contributed by atoms with van der Waals surface area (Å²) in [5, 5.41) is 3.79. The van der Waals surface area contributed by atoms with Crippen LogP contribution in [-0.4, -0.2) is 49.0 Å². The number of likely N-dealkylation sites (tertiary alicyclic amines) is 1. The van der Waals surface area contributed by atoms with Crippen molar-refractivity contribution >= 4 is 56.6 Å². The van der Waals surface area contributed by atoms with Crippen LogP contribution in [0.4, 0.5) is 5.69 Å². The topological polar surface area (TPSA) is 61.9 Å². The van der Waals surface area contributed by atoms with E-state index in [1.165, 1.54) is 4.90 Å². The average molecular weight is 541 g/mol. The molecule has 2 aliphatic heterocycles. The summed E-state index contributed by atoms with van der Waals surface area (Å²) in [7, 11) is 0. The fourth-order valence-electron chi connectivity index (χ4n) is 4.18. The molecule has 0 saturated carbocycles. The van der Waals surface area contributed by atoms with Crippen LogP contribution in [0.15, 0.2) is 40.9 Å². The van der Waals surface area contributed by atoms with E-state index in [9.17, 15) is 9.59 Å². The van der Waals surface area contributed by atoms with Crippen LogP contribution in [-0.2, 0) is 9.59 Å². The molecule has 2 aliphatic rings. The molecule has 0 spiro atoms. The highest BCUT2D eigenvalue weighted by molar-refractivity contribution is 9.10. The van der Waals surface area contributed by atoms with E-state index in [-0.39, 0.29) is 24.5 Å². The van der Waals surface area contributed by atoms with Crippen molar-refractivity contribution in [2.75, 3.05) is 31.1 Å². The summed E-state index contributed by atoms with van der Waals surface area (Å²) in [6.45, 7) is 4.29. The number of hydrogen-bond acceptors (Lipinski definition) is 4. The summed E-state index contributed by atoms with van der Waals surface area (Å²) in [6.07, 6.45) is 2.33. The standard InChI is InChI=1S/C23H24BrCl2N3O3/c1-14(29-20-10-17(25)18(26)11-21(20)32-13-22(29)30)23(31)27-19(12-28-7-2-3-8-28)15-5-4-6-16(24)9-15/h4-6,9-11,14,19H,2-3,7-8,12-13H2,1H3,(H,27,31). The SMILES string of the molecule is CC(C(=O)NC(CN1CCCC1)c1cccc(Br)c1)N1C(=O)COc2cc(Cl)c(Cl)cc21. The molecule has 4 rings (SSSR count). The third-order valence-electron chi connectivity index (χ3n) is 5.85. The number of carbonyl (C=O) groups excluding carboxylic acids is 2. The minimum absolute atomic E-state index is 0.161. The Morgan fingerprint density at radius 1 is 1.19 bits per heavy atom. The molecule has 0 aromatic heterocycles. The summed E-state index contributed by atoms with van der Waals surface area (Å²) in [4.78, 5) is 29.9. The largest absolute Gasteiger partial charge is 0.482 e. The van der Waals surface area contributed by atoms with E-state index in [0.29, 0.717) is 28.0 Å². The fraction of sp³-hybridized carbons (Fsp3) is 0.391. The van der Waals surface area contributed by atoms with Gasteiger partial charge in [0.1, 0.15) is 11.8 Å². The Kier molecular flexibility index (Phi) is 7.30. The van der Waals surface area contributed by atoms with Gasteiger partial charge in [-0.2, -0.15) is 0 Å². The minimum atomic E-state index is -0.754. The van der Waals surface area contributed by atoms with Crippen molar-refractivity contribution in [3.8, 4) is 5.75 Å². The van der Waals surface area contributed by atoms with E-state index in [1.54, 1.807) is 19.1 Å². The summed E-state index contributed by atoms with van der Waals surface area (Å²) >= 11 is 15.8. The molecule has 2 amide bonds. The van der Waals surface area contributed by atoms with Crippen LogP contribution in [0.2, 0.25) is 10.0 Å². The minimum Gasteiger partial charge on any atom is -0.482 e. The van der Waals surface area contributed by atoms with E-state index < -0.39 is 6.04 Å². The predicted molar refractivity (Wildman–Crippen MR) is 130 cm³/mol. The van der Waals surface area contributed by atoms with Gasteiger partial charge in [-0.1, -0.05) is 51.3 Å². The Labute approximate surface area is 205 Å². The summed E-state index contributed by atoms with van der Waals surface area (Å²) in [6, 6.07) is 10.1. The maximum Gasteiger partial charge on any atom is 0.265 e. The van der Waals surface area contributed by atoms with Crippen LogP contribution < -0.4 is 15.0 Å². The van der Waals surface area contributed by atoms with Gasteiger partial charge in [0, 0.05) is 17.1 Å². The van der Waals surface area contributed by atoms with Crippen LogP contribution >= 0.6 is 39.1 Å². The van der Waals surface area contributed by atoms with Gasteiger partial charge in [-0.15, -0.1) is 0 Å². The van der Waals surface area contributed by atoms with Crippen LogP contribution in [0.3, 0.4) is 0 Å². The Hall–Kier alpha value is -1.80. The number of nitrogens with zero attached hydrogens (tertiary/aromatic N) is 2. The molecule has 2 aromatic carbocycles. The molecule has 9 heteroatoms. The highest BCUT2D eigenvalue weighted by Gasteiger charge is 2.35. The molecule has 6 nitrogen and oxygen atoms in total. The van der Waals surface area contributed by atoms with Crippen LogP contribution in [0.5, 0.6) is 5.75 Å². The zero-order valence-corrected chi connectivity index (χ0v) is 20.7. The van der Waals surface area contributed by atoms with E-state index in [1.807, 2.05) is 24.3 Å². The number of rotatable bonds is 6. The quantitative estimate of drug-likeness (QED) is 0.570. The first kappa shape index (κ1) is 23.4. The van der Waals surface area contributed by atoms with Gasteiger partial charge in [0.2, 0.25) is 5.91 Å². The van der Waals surface area contributed by atoms with Gasteiger partial charge in [0.05, 0.1) is 21.8 Å². The normalized spacial score (nSPS) is 18.1. The Balaban J connectivity index is 1.58. The molecule has 0 aliphatic carbocycles. The number of amides is 2. The second-order valence-corrected chi connectivity index (χ2v) is 9.82. The number of fused-ring (bicyclic) bond motifs is 1. The number of halogens is 3. The number of ether oxygens (including phenoxy) is 1. The van der Waals surface area contributed by atoms with Crippen molar-refractivity contribution in [2.45, 2.75) is 31.8 Å². The predicted octanol–water partition coefficient (Wildman–Crippen LogP) is 4.82. The first-order valence-electron chi connectivity index (χ1n) is 10.6. The van der Waals surface area contributed by atoms with Crippen molar-refractivity contribution in [3.05, 3.63) is 56.5 Å². The van der Waals surface area contributed by atoms with Crippen LogP contribution in [0.1, 0.15) is 31.4 Å². The van der Waals surface area contributed by atoms with Crippen molar-refractivity contribution in [3.63, 3.8) is 0 Å². The van der Waals surface area contributed by atoms with Gasteiger partial charge in [0.15, 0.2) is 6.61 Å². The van der Waals surface area contributed by atoms with Crippen molar-refractivity contribution in [2.24, 2.45) is 0 Å². The first-order chi connectivity index (χ1) is 15.3. The van der Waals surface area contributed by atoms with E-state index in [4.69, 9.17) is 27.9 Å². The van der Waals surface area contributed by atoms with E-state index in [0.717, 1.165) is 36.0 Å². The number of nitrogens with one attached hydrogen (secondary N) is 1. The summed E-state index contributed by atoms with van der Waals surface area (Å²) < 4.78 is 6.46. The Morgan fingerprint density at radius 3 is 2.62 bits per heavy atom. The Morgan fingerprint density at radius 2 is 1.91 bits per heavy atom. The van der Waals surface area contributed by atoms with Gasteiger partial charge >= 0.3 is 0 Å². The molecule has 1 fully saturated rings. The monoisotopic (exact) mass is 539 g/mol. The van der Waals surface area contributed by atoms with Crippen molar-refractivity contribution in [1.82, 2.24) is 10.2 Å². The number of carbonyl (C=O) groups is 2. The number of anilines is 1. The van der Waals surface area contributed by atoms with Crippen LogP contribution in [0, 0.1) is 0 Å². The van der Waals surface area contributed by atoms with Gasteiger partial charge in [-0.25, -0.2) is 0 Å². The molecule has 1 saturated heterocycles. The molecule has 2 unspecified atom stereocenters. The van der Waals surface area contributed by atoms with Gasteiger partial charge in [-0.3, -0.25) is 14.5 Å². The summed E-state index contributed by atoms with van der Waals surface area (Å²) in [5.74, 6) is -0.127. The number of hydrogen-bond donors (Lipinski definition) is 1. The van der Waals surface area contributed by atoms with Gasteiger partial charge < -0.3 is 15.0 Å². The van der Waals surface area contributed by atoms with Gasteiger partial charge in [-0.05, 0) is 56.6 Å². The molecule has 0 bridgehead atoms. The highest BCUT2D eigenvalue weighted by atomic mass is 79.9. The molecule has 0 radical (unpaired) electrons. The molecule has 170 valence electrons. The molecular weight excluding hydrogens is 517 g/mol. The average Bonchev–Trinajstić information content (AvgIpc) is 3.27. The molecule has 2 atom stereocenters. The molecule has 2 aromatic rings. The third kappa shape index (κ3) is 5.06. The lowest BCUT2D eigenvalue weighted by Gasteiger charge is -2.34. The lowest BCUT2D eigenvalue weighted by molar-refractivity contribution is -0.128. The maximum atomic E-state index is 13.4. The molecular formula is C23H24BrCl2N3O3. The lowest BCUT2D eigenvalue weighted by Crippen LogP contribution is -2.52. The van der Waals surface area contributed by atoms with E-state index in [2.05, 4.69) is 26.1 Å². The zero-order chi connectivity index (χ0) is 22.8. The number of benzene rings is 2. The smallest absolute Gasteiger partial charge is 0.265 e. The lowest BCUT2D eigenvalue weighted by atomic mass is 10.1. The molecule has 2 heterocycles. The van der Waals surface area contributed by atoms with E-state index >= 15 is 0 Å². The summed E-state index contributed by atoms with van der Waals surface area (Å²) in [5.41, 5.74) is 1.45. The molecule has 32 heavy (non-hydrogen) atoms. The maximum absolute atomic E-state index is 13.4. The second kappa shape index (κ2) is 10.00. The fourth-order valence-corrected chi connectivity index (χ4v) is 4.91. The van der Waals surface area contributed by atoms with Crippen LogP contribution in [0.25, 0.3) is 0 Å². The van der Waals surface area contributed by atoms with Crippen molar-refractivity contribution < 1.29 is 14.3 Å². The molecule has 1 N–H and O–H groups in total. The first-order valence-corrected chi connectivity index (χ1v) is 12.1. The Bertz CT molecular complexity index is 1030. The van der Waals surface area contributed by atoms with Crippen molar-refractivity contribution in [1.29, 1.82) is 0 Å². The highest BCUT2D eigenvalue weighted by Crippen LogP contribution is 2.39. The second-order valence-electron chi connectivity index (χ2n) is 8.09. The zero-order valence-electron chi connectivity index (χ0n) is 17.6.